The van der Waals surface area contributed by atoms with Gasteiger partial charge in [0.15, 0.2) is 18.1 Å². The number of ether oxygens (including phenoxy) is 2. The molecule has 1 heterocycles. The first-order valence-corrected chi connectivity index (χ1v) is 7.89. The molecule has 1 aromatic rings. The van der Waals surface area contributed by atoms with E-state index in [-0.39, 0.29) is 11.7 Å². The third kappa shape index (κ3) is 3.99. The molecule has 2 N–H and O–H groups in total. The van der Waals surface area contributed by atoms with Crippen LogP contribution in [0.2, 0.25) is 0 Å². The molecular formula is C13H10BrNO5S2. The molecule has 116 valence electrons. The highest BCUT2D eigenvalue weighted by Gasteiger charge is 2.22. The quantitative estimate of drug-likeness (QED) is 0.576. The normalized spacial score (nSPS) is 15.8. The number of thioether (sulfide) groups is 1. The molecule has 1 aliphatic rings. The molecule has 0 aromatic heterocycles. The zero-order chi connectivity index (χ0) is 16.3. The van der Waals surface area contributed by atoms with E-state index >= 15 is 0 Å². The first kappa shape index (κ1) is 16.8. The number of carboxylic acid groups (broad SMARTS) is 1. The fraction of sp³-hybridized carbons (Fsp3) is 0.154. The SMILES string of the molecule is COc1cc(/C=C2/SC(=S)NC2=O)cc(Br)c1OCC(=O)O. The van der Waals surface area contributed by atoms with Crippen LogP contribution in [0.5, 0.6) is 11.5 Å². The van der Waals surface area contributed by atoms with Crippen molar-refractivity contribution in [2.24, 2.45) is 0 Å². The Morgan fingerprint density at radius 1 is 1.55 bits per heavy atom. The van der Waals surface area contributed by atoms with Crippen LogP contribution in [0.3, 0.4) is 0 Å². The summed E-state index contributed by atoms with van der Waals surface area (Å²) in [5, 5.41) is 11.2. The minimum Gasteiger partial charge on any atom is -0.493 e. The van der Waals surface area contributed by atoms with Crippen molar-refractivity contribution in [3.63, 3.8) is 0 Å². The molecule has 1 saturated heterocycles. The summed E-state index contributed by atoms with van der Waals surface area (Å²) in [4.78, 5) is 22.7. The highest BCUT2D eigenvalue weighted by atomic mass is 79.9. The number of nitrogens with one attached hydrogen (secondary N) is 1. The highest BCUT2D eigenvalue weighted by Crippen LogP contribution is 2.38. The lowest BCUT2D eigenvalue weighted by atomic mass is 10.2. The Bertz CT molecular complexity index is 689. The van der Waals surface area contributed by atoms with E-state index in [4.69, 9.17) is 26.8 Å². The van der Waals surface area contributed by atoms with E-state index in [9.17, 15) is 9.59 Å². The summed E-state index contributed by atoms with van der Waals surface area (Å²) in [6.07, 6.45) is 1.66. The zero-order valence-corrected chi connectivity index (χ0v) is 14.4. The number of methoxy groups -OCH3 is 1. The van der Waals surface area contributed by atoms with Gasteiger partial charge in [-0.25, -0.2) is 4.79 Å². The van der Waals surface area contributed by atoms with Crippen molar-refractivity contribution in [1.29, 1.82) is 0 Å². The third-order valence-corrected chi connectivity index (χ3v) is 4.28. The van der Waals surface area contributed by atoms with Crippen molar-refractivity contribution >= 4 is 62.2 Å². The van der Waals surface area contributed by atoms with Crippen LogP contribution in [0.4, 0.5) is 0 Å². The molecule has 1 aromatic carbocycles. The van der Waals surface area contributed by atoms with Gasteiger partial charge in [-0.3, -0.25) is 4.79 Å². The van der Waals surface area contributed by atoms with E-state index in [0.29, 0.717) is 25.0 Å². The monoisotopic (exact) mass is 403 g/mol. The first-order valence-electron chi connectivity index (χ1n) is 5.87. The standard InChI is InChI=1S/C13H10BrNO5S2/c1-19-8-3-6(4-9-12(18)15-13(21)22-9)2-7(14)11(8)20-5-10(16)17/h2-4H,5H2,1H3,(H,16,17)(H,15,18,21)/b9-4+. The van der Waals surface area contributed by atoms with Crippen LogP contribution in [0.25, 0.3) is 6.08 Å². The Labute approximate surface area is 144 Å². The van der Waals surface area contributed by atoms with Gasteiger partial charge in [0.2, 0.25) is 0 Å². The van der Waals surface area contributed by atoms with E-state index in [1.807, 2.05) is 0 Å². The summed E-state index contributed by atoms with van der Waals surface area (Å²) in [6, 6.07) is 3.34. The maximum Gasteiger partial charge on any atom is 0.341 e. The van der Waals surface area contributed by atoms with Crippen LogP contribution in [0.15, 0.2) is 21.5 Å². The lowest BCUT2D eigenvalue weighted by Crippen LogP contribution is -2.17. The molecule has 6 nitrogen and oxygen atoms in total. The molecule has 1 fully saturated rings. The Hall–Kier alpha value is -1.58. The number of hydrogen-bond donors (Lipinski definition) is 2. The minimum absolute atomic E-state index is 0.253. The lowest BCUT2D eigenvalue weighted by molar-refractivity contribution is -0.139. The second kappa shape index (κ2) is 7.12. The Morgan fingerprint density at radius 2 is 2.27 bits per heavy atom. The molecule has 9 heteroatoms. The van der Waals surface area contributed by atoms with E-state index in [1.165, 1.54) is 18.9 Å². The van der Waals surface area contributed by atoms with Crippen molar-refractivity contribution in [2.45, 2.75) is 0 Å². The van der Waals surface area contributed by atoms with Crippen LogP contribution in [-0.2, 0) is 9.59 Å². The summed E-state index contributed by atoms with van der Waals surface area (Å²) in [7, 11) is 1.44. The van der Waals surface area contributed by atoms with Crippen LogP contribution in [0.1, 0.15) is 5.56 Å². The molecule has 0 radical (unpaired) electrons. The number of halogens is 1. The smallest absolute Gasteiger partial charge is 0.341 e. The van der Waals surface area contributed by atoms with Crippen LogP contribution in [0, 0.1) is 0 Å². The zero-order valence-electron chi connectivity index (χ0n) is 11.2. The maximum atomic E-state index is 11.7. The second-order valence-corrected chi connectivity index (χ2v) is 6.64. The predicted molar refractivity (Wildman–Crippen MR) is 90.1 cm³/mol. The van der Waals surface area contributed by atoms with Gasteiger partial charge in [0.1, 0.15) is 4.32 Å². The molecule has 0 spiro atoms. The molecule has 1 aliphatic heterocycles. The largest absolute Gasteiger partial charge is 0.493 e. The van der Waals surface area contributed by atoms with E-state index < -0.39 is 12.6 Å². The van der Waals surface area contributed by atoms with Gasteiger partial charge in [-0.2, -0.15) is 0 Å². The maximum absolute atomic E-state index is 11.7. The van der Waals surface area contributed by atoms with Crippen molar-refractivity contribution in [1.82, 2.24) is 5.32 Å². The van der Waals surface area contributed by atoms with Gasteiger partial charge in [-0.1, -0.05) is 24.0 Å². The second-order valence-electron chi connectivity index (χ2n) is 4.07. The lowest BCUT2D eigenvalue weighted by Gasteiger charge is -2.12. The number of thiocarbonyl (C=S) groups is 1. The summed E-state index contributed by atoms with van der Waals surface area (Å²) >= 11 is 9.40. The molecule has 0 bridgehead atoms. The van der Waals surface area contributed by atoms with Crippen molar-refractivity contribution in [2.75, 3.05) is 13.7 Å². The molecule has 0 aliphatic carbocycles. The van der Waals surface area contributed by atoms with Gasteiger partial charge in [0.25, 0.3) is 5.91 Å². The molecule has 0 atom stereocenters. The minimum atomic E-state index is -1.09. The molecule has 0 saturated carbocycles. The average molecular weight is 404 g/mol. The van der Waals surface area contributed by atoms with Gasteiger partial charge in [-0.15, -0.1) is 0 Å². The van der Waals surface area contributed by atoms with Crippen molar-refractivity contribution < 1.29 is 24.2 Å². The average Bonchev–Trinajstić information content (AvgIpc) is 2.74. The van der Waals surface area contributed by atoms with E-state index in [2.05, 4.69) is 21.2 Å². The van der Waals surface area contributed by atoms with Gasteiger partial charge in [-0.05, 0) is 39.7 Å². The Kier molecular flexibility index (Phi) is 5.43. The number of carboxylic acids is 1. The summed E-state index contributed by atoms with van der Waals surface area (Å²) in [5.74, 6) is -0.705. The number of benzene rings is 1. The number of rotatable bonds is 5. The van der Waals surface area contributed by atoms with E-state index in [1.54, 1.807) is 18.2 Å². The third-order valence-electron chi connectivity index (χ3n) is 2.53. The fourth-order valence-corrected chi connectivity index (χ4v) is 3.29. The summed E-state index contributed by atoms with van der Waals surface area (Å²) in [6.45, 7) is -0.484. The predicted octanol–water partition coefficient (Wildman–Crippen LogP) is 2.41. The van der Waals surface area contributed by atoms with Crippen LogP contribution < -0.4 is 14.8 Å². The number of carbonyl (C=O) groups excluding carboxylic acids is 1. The number of amides is 1. The van der Waals surface area contributed by atoms with Gasteiger partial charge in [0.05, 0.1) is 16.5 Å². The van der Waals surface area contributed by atoms with Gasteiger partial charge in [0, 0.05) is 0 Å². The van der Waals surface area contributed by atoms with E-state index in [0.717, 1.165) is 0 Å². The fourth-order valence-electron chi connectivity index (χ4n) is 1.67. The van der Waals surface area contributed by atoms with Gasteiger partial charge >= 0.3 is 5.97 Å². The van der Waals surface area contributed by atoms with Gasteiger partial charge < -0.3 is 19.9 Å². The van der Waals surface area contributed by atoms with Crippen LogP contribution >= 0.6 is 39.9 Å². The molecule has 22 heavy (non-hydrogen) atoms. The topological polar surface area (TPSA) is 84.9 Å². The molecular weight excluding hydrogens is 394 g/mol. The highest BCUT2D eigenvalue weighted by molar-refractivity contribution is 9.10. The summed E-state index contributed by atoms with van der Waals surface area (Å²) < 4.78 is 11.3. The molecule has 2 rings (SSSR count). The Morgan fingerprint density at radius 3 is 2.82 bits per heavy atom. The summed E-state index contributed by atoms with van der Waals surface area (Å²) in [5.41, 5.74) is 0.689. The number of hydrogen-bond acceptors (Lipinski definition) is 6. The Balaban J connectivity index is 2.33. The molecule has 0 unspecified atom stereocenters. The van der Waals surface area contributed by atoms with Crippen molar-refractivity contribution in [3.8, 4) is 11.5 Å². The number of aliphatic carboxylic acids is 1. The van der Waals surface area contributed by atoms with Crippen LogP contribution in [-0.4, -0.2) is 35.0 Å². The first-order chi connectivity index (χ1) is 10.4. The number of carbonyl (C=O) groups is 2. The van der Waals surface area contributed by atoms with Crippen molar-refractivity contribution in [3.05, 3.63) is 27.1 Å². The molecule has 1 amide bonds.